The first kappa shape index (κ1) is 14.2. The molecule has 0 spiro atoms. The molecule has 3 aromatic rings. The SMILES string of the molecule is O=C(Nc1cnc(-c2ccccc2)nc1)c1cccc(Cl)c1. The smallest absolute Gasteiger partial charge is 0.255 e. The highest BCUT2D eigenvalue weighted by atomic mass is 35.5. The van der Waals surface area contributed by atoms with E-state index in [1.54, 1.807) is 36.7 Å². The van der Waals surface area contributed by atoms with E-state index in [1.807, 2.05) is 30.3 Å². The van der Waals surface area contributed by atoms with Crippen molar-refractivity contribution in [2.45, 2.75) is 0 Å². The fraction of sp³-hybridized carbons (Fsp3) is 0. The summed E-state index contributed by atoms with van der Waals surface area (Å²) in [6.45, 7) is 0. The maximum atomic E-state index is 12.1. The Hall–Kier alpha value is -2.72. The number of carbonyl (C=O) groups excluding carboxylic acids is 1. The van der Waals surface area contributed by atoms with E-state index in [1.165, 1.54) is 0 Å². The molecule has 0 atom stereocenters. The van der Waals surface area contributed by atoms with Crippen LogP contribution in [0.25, 0.3) is 11.4 Å². The maximum Gasteiger partial charge on any atom is 0.255 e. The highest BCUT2D eigenvalue weighted by molar-refractivity contribution is 6.31. The molecule has 108 valence electrons. The van der Waals surface area contributed by atoms with E-state index in [0.29, 0.717) is 22.1 Å². The van der Waals surface area contributed by atoms with Crippen molar-refractivity contribution in [1.29, 1.82) is 0 Å². The zero-order chi connectivity index (χ0) is 15.4. The Balaban J connectivity index is 1.75. The van der Waals surface area contributed by atoms with Crippen LogP contribution in [-0.4, -0.2) is 15.9 Å². The van der Waals surface area contributed by atoms with Gasteiger partial charge >= 0.3 is 0 Å². The molecule has 0 saturated heterocycles. The summed E-state index contributed by atoms with van der Waals surface area (Å²) in [5.41, 5.74) is 1.94. The quantitative estimate of drug-likeness (QED) is 0.794. The Labute approximate surface area is 132 Å². The molecule has 1 heterocycles. The van der Waals surface area contributed by atoms with Gasteiger partial charge in [-0.2, -0.15) is 0 Å². The number of anilines is 1. The average molecular weight is 310 g/mol. The second-order valence-electron chi connectivity index (χ2n) is 4.63. The van der Waals surface area contributed by atoms with Crippen LogP contribution in [0, 0.1) is 0 Å². The lowest BCUT2D eigenvalue weighted by Crippen LogP contribution is -2.12. The number of rotatable bonds is 3. The molecule has 0 aliphatic heterocycles. The number of aromatic nitrogens is 2. The Bertz CT molecular complexity index is 789. The minimum Gasteiger partial charge on any atom is -0.319 e. The van der Waals surface area contributed by atoms with E-state index in [4.69, 9.17) is 11.6 Å². The van der Waals surface area contributed by atoms with Crippen LogP contribution < -0.4 is 5.32 Å². The van der Waals surface area contributed by atoms with Crippen LogP contribution in [0.2, 0.25) is 5.02 Å². The zero-order valence-corrected chi connectivity index (χ0v) is 12.3. The Morgan fingerprint density at radius 3 is 2.36 bits per heavy atom. The highest BCUT2D eigenvalue weighted by Crippen LogP contribution is 2.16. The highest BCUT2D eigenvalue weighted by Gasteiger charge is 2.07. The standard InChI is InChI=1S/C17H12ClN3O/c18-14-8-4-7-13(9-14)17(22)21-15-10-19-16(20-11-15)12-5-2-1-3-6-12/h1-11H,(H,21,22). The van der Waals surface area contributed by atoms with E-state index < -0.39 is 0 Å². The van der Waals surface area contributed by atoms with Crippen molar-refractivity contribution in [1.82, 2.24) is 9.97 Å². The van der Waals surface area contributed by atoms with Gasteiger partial charge in [-0.25, -0.2) is 9.97 Å². The van der Waals surface area contributed by atoms with Crippen molar-refractivity contribution in [2.24, 2.45) is 0 Å². The van der Waals surface area contributed by atoms with Gasteiger partial charge in [0.1, 0.15) is 0 Å². The first-order valence-corrected chi connectivity index (χ1v) is 7.04. The Morgan fingerprint density at radius 2 is 1.68 bits per heavy atom. The molecule has 3 rings (SSSR count). The number of amides is 1. The molecule has 0 bridgehead atoms. The van der Waals surface area contributed by atoms with Gasteiger partial charge in [0.05, 0.1) is 18.1 Å². The predicted molar refractivity (Wildman–Crippen MR) is 86.9 cm³/mol. The van der Waals surface area contributed by atoms with E-state index in [2.05, 4.69) is 15.3 Å². The third kappa shape index (κ3) is 3.30. The molecular weight excluding hydrogens is 298 g/mol. The molecule has 0 fully saturated rings. The molecule has 2 aromatic carbocycles. The van der Waals surface area contributed by atoms with Crippen LogP contribution >= 0.6 is 11.6 Å². The van der Waals surface area contributed by atoms with Gasteiger partial charge in [0.15, 0.2) is 5.82 Å². The monoisotopic (exact) mass is 309 g/mol. The summed E-state index contributed by atoms with van der Waals surface area (Å²) >= 11 is 5.88. The van der Waals surface area contributed by atoms with Crippen molar-refractivity contribution < 1.29 is 4.79 Å². The molecule has 4 nitrogen and oxygen atoms in total. The van der Waals surface area contributed by atoms with Gasteiger partial charge in [-0.1, -0.05) is 48.0 Å². The fourth-order valence-electron chi connectivity index (χ4n) is 1.96. The van der Waals surface area contributed by atoms with Gasteiger partial charge in [-0.3, -0.25) is 4.79 Å². The summed E-state index contributed by atoms with van der Waals surface area (Å²) in [5, 5.41) is 3.26. The molecule has 0 saturated carbocycles. The zero-order valence-electron chi connectivity index (χ0n) is 11.5. The van der Waals surface area contributed by atoms with Crippen LogP contribution in [0.5, 0.6) is 0 Å². The number of hydrogen-bond acceptors (Lipinski definition) is 3. The first-order chi connectivity index (χ1) is 10.7. The second-order valence-corrected chi connectivity index (χ2v) is 5.06. The summed E-state index contributed by atoms with van der Waals surface area (Å²) < 4.78 is 0. The minimum absolute atomic E-state index is 0.251. The third-order valence-corrected chi connectivity index (χ3v) is 3.26. The average Bonchev–Trinajstić information content (AvgIpc) is 2.56. The van der Waals surface area contributed by atoms with E-state index in [0.717, 1.165) is 5.56 Å². The maximum absolute atomic E-state index is 12.1. The second kappa shape index (κ2) is 6.37. The van der Waals surface area contributed by atoms with Gasteiger partial charge in [0, 0.05) is 16.1 Å². The van der Waals surface area contributed by atoms with Gasteiger partial charge in [0.2, 0.25) is 0 Å². The number of benzene rings is 2. The van der Waals surface area contributed by atoms with Crippen LogP contribution in [0.3, 0.4) is 0 Å². The molecule has 0 aliphatic rings. The van der Waals surface area contributed by atoms with Crippen molar-refractivity contribution in [2.75, 3.05) is 5.32 Å². The third-order valence-electron chi connectivity index (χ3n) is 3.03. The van der Waals surface area contributed by atoms with E-state index >= 15 is 0 Å². The predicted octanol–water partition coefficient (Wildman–Crippen LogP) is 4.05. The van der Waals surface area contributed by atoms with Crippen LogP contribution in [-0.2, 0) is 0 Å². The Morgan fingerprint density at radius 1 is 0.955 bits per heavy atom. The number of nitrogens with zero attached hydrogens (tertiary/aromatic N) is 2. The van der Waals surface area contributed by atoms with Gasteiger partial charge in [-0.15, -0.1) is 0 Å². The normalized spacial score (nSPS) is 10.2. The summed E-state index contributed by atoms with van der Waals surface area (Å²) in [4.78, 5) is 20.6. The molecular formula is C17H12ClN3O. The number of carbonyl (C=O) groups is 1. The largest absolute Gasteiger partial charge is 0.319 e. The van der Waals surface area contributed by atoms with E-state index in [9.17, 15) is 4.79 Å². The Kier molecular flexibility index (Phi) is 4.12. The minimum atomic E-state index is -0.251. The molecule has 5 heteroatoms. The van der Waals surface area contributed by atoms with Gasteiger partial charge in [0.25, 0.3) is 5.91 Å². The number of nitrogens with one attached hydrogen (secondary N) is 1. The molecule has 1 aromatic heterocycles. The molecule has 1 amide bonds. The van der Waals surface area contributed by atoms with E-state index in [-0.39, 0.29) is 5.91 Å². The van der Waals surface area contributed by atoms with Gasteiger partial charge in [-0.05, 0) is 18.2 Å². The van der Waals surface area contributed by atoms with Crippen LogP contribution in [0.4, 0.5) is 5.69 Å². The topological polar surface area (TPSA) is 54.9 Å². The number of hydrogen-bond donors (Lipinski definition) is 1. The van der Waals surface area contributed by atoms with Crippen LogP contribution in [0.15, 0.2) is 67.0 Å². The summed E-state index contributed by atoms with van der Waals surface area (Å²) in [6.07, 6.45) is 3.16. The molecule has 0 unspecified atom stereocenters. The lowest BCUT2D eigenvalue weighted by Gasteiger charge is -2.06. The molecule has 0 radical (unpaired) electrons. The van der Waals surface area contributed by atoms with Crippen molar-refractivity contribution in [3.63, 3.8) is 0 Å². The lowest BCUT2D eigenvalue weighted by molar-refractivity contribution is 0.102. The lowest BCUT2D eigenvalue weighted by atomic mass is 10.2. The first-order valence-electron chi connectivity index (χ1n) is 6.67. The van der Waals surface area contributed by atoms with Crippen molar-refractivity contribution in [3.05, 3.63) is 77.6 Å². The number of halogens is 1. The van der Waals surface area contributed by atoms with Gasteiger partial charge < -0.3 is 5.32 Å². The van der Waals surface area contributed by atoms with Crippen LogP contribution in [0.1, 0.15) is 10.4 Å². The summed E-state index contributed by atoms with van der Waals surface area (Å²) in [7, 11) is 0. The fourth-order valence-corrected chi connectivity index (χ4v) is 2.15. The molecule has 0 aliphatic carbocycles. The molecule has 22 heavy (non-hydrogen) atoms. The molecule has 1 N–H and O–H groups in total. The summed E-state index contributed by atoms with van der Waals surface area (Å²) in [5.74, 6) is 0.361. The van der Waals surface area contributed by atoms with Crippen molar-refractivity contribution in [3.8, 4) is 11.4 Å². The van der Waals surface area contributed by atoms with Crippen molar-refractivity contribution >= 4 is 23.2 Å². The summed E-state index contributed by atoms with van der Waals surface area (Å²) in [6, 6.07) is 16.4.